The highest BCUT2D eigenvalue weighted by Gasteiger charge is 2.11. The third-order valence-electron chi connectivity index (χ3n) is 5.01. The third-order valence-corrected chi connectivity index (χ3v) is 5.01. The average Bonchev–Trinajstić information content (AvgIpc) is 2.78. The molecular formula is C25H23NO4. The number of methoxy groups -OCH3 is 2. The molecule has 5 nitrogen and oxygen atoms in total. The van der Waals surface area contributed by atoms with Crippen LogP contribution in [0.15, 0.2) is 75.9 Å². The topological polar surface area (TPSA) is 60.7 Å². The van der Waals surface area contributed by atoms with E-state index in [4.69, 9.17) is 13.9 Å². The maximum atomic E-state index is 12.8. The number of anilines is 1. The number of hydrogen-bond donors (Lipinski definition) is 1. The smallest absolute Gasteiger partial charge is 0.193 e. The summed E-state index contributed by atoms with van der Waals surface area (Å²) in [5.41, 5.74) is 4.47. The van der Waals surface area contributed by atoms with E-state index in [9.17, 15) is 4.79 Å². The number of aryl methyl sites for hydroxylation is 1. The van der Waals surface area contributed by atoms with E-state index in [1.807, 2.05) is 36.4 Å². The lowest BCUT2D eigenvalue weighted by Gasteiger charge is -2.10. The lowest BCUT2D eigenvalue weighted by Crippen LogP contribution is -2.04. The molecule has 30 heavy (non-hydrogen) atoms. The standard InChI is InChI=1S/C25H23NO4/c1-16-4-8-19(9-5-16)26-15-17-6-10-22-20(12-17)21(27)14-24(30-22)18-7-11-23(28-2)25(13-18)29-3/h4-14,26H,15H2,1-3H3. The van der Waals surface area contributed by atoms with E-state index in [0.717, 1.165) is 16.8 Å². The predicted molar refractivity (Wildman–Crippen MR) is 120 cm³/mol. The van der Waals surface area contributed by atoms with Crippen molar-refractivity contribution in [2.45, 2.75) is 13.5 Å². The molecule has 0 aliphatic rings. The lowest BCUT2D eigenvalue weighted by atomic mass is 10.1. The first-order chi connectivity index (χ1) is 14.6. The van der Waals surface area contributed by atoms with Gasteiger partial charge in [0.2, 0.25) is 0 Å². The summed E-state index contributed by atoms with van der Waals surface area (Å²) in [5, 5.41) is 3.93. The van der Waals surface area contributed by atoms with Gasteiger partial charge in [0.25, 0.3) is 0 Å². The molecule has 4 aromatic rings. The maximum Gasteiger partial charge on any atom is 0.193 e. The lowest BCUT2D eigenvalue weighted by molar-refractivity contribution is 0.355. The zero-order chi connectivity index (χ0) is 21.1. The summed E-state index contributed by atoms with van der Waals surface area (Å²) < 4.78 is 16.6. The third kappa shape index (κ3) is 4.01. The highest BCUT2D eigenvalue weighted by molar-refractivity contribution is 5.79. The van der Waals surface area contributed by atoms with Crippen LogP contribution in [0.5, 0.6) is 11.5 Å². The minimum Gasteiger partial charge on any atom is -0.493 e. The molecule has 0 radical (unpaired) electrons. The van der Waals surface area contributed by atoms with Gasteiger partial charge in [0, 0.05) is 23.9 Å². The van der Waals surface area contributed by atoms with Crippen molar-refractivity contribution in [1.29, 1.82) is 0 Å². The average molecular weight is 401 g/mol. The molecule has 0 aliphatic carbocycles. The Kier molecular flexibility index (Phi) is 5.44. The van der Waals surface area contributed by atoms with Crippen LogP contribution in [-0.4, -0.2) is 14.2 Å². The predicted octanol–water partition coefficient (Wildman–Crippen LogP) is 5.40. The van der Waals surface area contributed by atoms with E-state index in [0.29, 0.717) is 34.8 Å². The van der Waals surface area contributed by atoms with E-state index in [1.165, 1.54) is 11.6 Å². The zero-order valence-electron chi connectivity index (χ0n) is 17.2. The monoisotopic (exact) mass is 401 g/mol. The van der Waals surface area contributed by atoms with Gasteiger partial charge in [-0.1, -0.05) is 23.8 Å². The van der Waals surface area contributed by atoms with Gasteiger partial charge in [-0.15, -0.1) is 0 Å². The van der Waals surface area contributed by atoms with Crippen LogP contribution in [0.25, 0.3) is 22.3 Å². The fraction of sp³-hybridized carbons (Fsp3) is 0.160. The van der Waals surface area contributed by atoms with Gasteiger partial charge in [0.05, 0.1) is 19.6 Å². The maximum absolute atomic E-state index is 12.8. The fourth-order valence-corrected chi connectivity index (χ4v) is 3.32. The summed E-state index contributed by atoms with van der Waals surface area (Å²) in [6, 6.07) is 20.8. The van der Waals surface area contributed by atoms with Crippen LogP contribution in [0.2, 0.25) is 0 Å². The summed E-state index contributed by atoms with van der Waals surface area (Å²) in [4.78, 5) is 12.8. The van der Waals surface area contributed by atoms with Gasteiger partial charge in [-0.05, 0) is 55.0 Å². The Morgan fingerprint density at radius 3 is 2.37 bits per heavy atom. The van der Waals surface area contributed by atoms with Crippen molar-refractivity contribution in [2.24, 2.45) is 0 Å². The highest BCUT2D eigenvalue weighted by atomic mass is 16.5. The van der Waals surface area contributed by atoms with E-state index in [-0.39, 0.29) is 5.43 Å². The Labute approximate surface area is 174 Å². The van der Waals surface area contributed by atoms with Gasteiger partial charge in [0.1, 0.15) is 11.3 Å². The Bertz CT molecular complexity index is 1240. The molecule has 4 rings (SSSR count). The first-order valence-corrected chi connectivity index (χ1v) is 9.67. The number of hydrogen-bond acceptors (Lipinski definition) is 5. The first kappa shape index (κ1) is 19.6. The molecule has 1 heterocycles. The molecule has 0 fully saturated rings. The molecule has 152 valence electrons. The largest absolute Gasteiger partial charge is 0.493 e. The fourth-order valence-electron chi connectivity index (χ4n) is 3.32. The van der Waals surface area contributed by atoms with Gasteiger partial charge in [-0.3, -0.25) is 4.79 Å². The molecular weight excluding hydrogens is 378 g/mol. The number of benzene rings is 3. The van der Waals surface area contributed by atoms with Crippen molar-refractivity contribution in [3.63, 3.8) is 0 Å². The normalized spacial score (nSPS) is 10.8. The van der Waals surface area contributed by atoms with Crippen molar-refractivity contribution in [1.82, 2.24) is 0 Å². The van der Waals surface area contributed by atoms with Crippen LogP contribution in [0.3, 0.4) is 0 Å². The molecule has 0 unspecified atom stereocenters. The Balaban J connectivity index is 1.62. The molecule has 3 aromatic carbocycles. The van der Waals surface area contributed by atoms with Crippen LogP contribution in [0.1, 0.15) is 11.1 Å². The number of fused-ring (bicyclic) bond motifs is 1. The van der Waals surface area contributed by atoms with Gasteiger partial charge >= 0.3 is 0 Å². The molecule has 0 spiro atoms. The second-order valence-electron chi connectivity index (χ2n) is 7.09. The van der Waals surface area contributed by atoms with E-state index >= 15 is 0 Å². The van der Waals surface area contributed by atoms with Crippen LogP contribution in [0, 0.1) is 6.92 Å². The second-order valence-corrected chi connectivity index (χ2v) is 7.09. The van der Waals surface area contributed by atoms with Crippen LogP contribution < -0.4 is 20.2 Å². The van der Waals surface area contributed by atoms with Crippen molar-refractivity contribution in [2.75, 3.05) is 19.5 Å². The SMILES string of the molecule is COc1ccc(-c2cc(=O)c3cc(CNc4ccc(C)cc4)ccc3o2)cc1OC. The van der Waals surface area contributed by atoms with Crippen LogP contribution in [0.4, 0.5) is 5.69 Å². The van der Waals surface area contributed by atoms with Crippen molar-refractivity contribution in [3.05, 3.63) is 88.1 Å². The number of nitrogens with one attached hydrogen (secondary N) is 1. The molecule has 1 aromatic heterocycles. The second kappa shape index (κ2) is 8.33. The van der Waals surface area contributed by atoms with Crippen LogP contribution >= 0.6 is 0 Å². The van der Waals surface area contributed by atoms with E-state index in [2.05, 4.69) is 24.4 Å². The highest BCUT2D eigenvalue weighted by Crippen LogP contribution is 2.32. The molecule has 5 heteroatoms. The van der Waals surface area contributed by atoms with E-state index in [1.54, 1.807) is 26.4 Å². The molecule has 0 bridgehead atoms. The molecule has 0 amide bonds. The minimum atomic E-state index is -0.0850. The summed E-state index contributed by atoms with van der Waals surface area (Å²) in [7, 11) is 3.16. The summed E-state index contributed by atoms with van der Waals surface area (Å²) >= 11 is 0. The number of ether oxygens (including phenoxy) is 2. The van der Waals surface area contributed by atoms with Crippen LogP contribution in [-0.2, 0) is 6.54 Å². The van der Waals surface area contributed by atoms with Crippen molar-refractivity contribution < 1.29 is 13.9 Å². The van der Waals surface area contributed by atoms with Gasteiger partial charge in [-0.2, -0.15) is 0 Å². The molecule has 0 saturated heterocycles. The van der Waals surface area contributed by atoms with E-state index < -0.39 is 0 Å². The molecule has 1 N–H and O–H groups in total. The minimum absolute atomic E-state index is 0.0850. The van der Waals surface area contributed by atoms with Gasteiger partial charge in [-0.25, -0.2) is 0 Å². The van der Waals surface area contributed by atoms with Gasteiger partial charge < -0.3 is 19.2 Å². The molecule has 0 saturated carbocycles. The molecule has 0 atom stereocenters. The molecule has 0 aliphatic heterocycles. The summed E-state index contributed by atoms with van der Waals surface area (Å²) in [6.45, 7) is 2.68. The van der Waals surface area contributed by atoms with Crippen molar-refractivity contribution >= 4 is 16.7 Å². The van der Waals surface area contributed by atoms with Gasteiger partial charge in [0.15, 0.2) is 16.9 Å². The quantitative estimate of drug-likeness (QED) is 0.469. The number of rotatable bonds is 6. The van der Waals surface area contributed by atoms with Crippen molar-refractivity contribution in [3.8, 4) is 22.8 Å². The summed E-state index contributed by atoms with van der Waals surface area (Å²) in [5.74, 6) is 1.68. The Hall–Kier alpha value is -3.73. The Morgan fingerprint density at radius 2 is 1.63 bits per heavy atom. The zero-order valence-corrected chi connectivity index (χ0v) is 17.2. The Morgan fingerprint density at radius 1 is 0.867 bits per heavy atom. The first-order valence-electron chi connectivity index (χ1n) is 9.67. The summed E-state index contributed by atoms with van der Waals surface area (Å²) in [6.07, 6.45) is 0.